The van der Waals surface area contributed by atoms with Crippen molar-refractivity contribution in [3.63, 3.8) is 0 Å². The summed E-state index contributed by atoms with van der Waals surface area (Å²) in [6.45, 7) is 2.01. The third-order valence-electron chi connectivity index (χ3n) is 1.36. The summed E-state index contributed by atoms with van der Waals surface area (Å²) in [5.41, 5.74) is 5.67. The van der Waals surface area contributed by atoms with Crippen molar-refractivity contribution in [2.45, 2.75) is 19.4 Å². The first-order valence-electron chi connectivity index (χ1n) is 3.37. The molecule has 0 aliphatic carbocycles. The van der Waals surface area contributed by atoms with Crippen LogP contribution in [0.25, 0.3) is 0 Å². The van der Waals surface area contributed by atoms with Gasteiger partial charge in [-0.2, -0.15) is 0 Å². The molecule has 1 aromatic heterocycles. The molecule has 1 rings (SSSR count). The Morgan fingerprint density at radius 1 is 1.33 bits per heavy atom. The van der Waals surface area contributed by atoms with Gasteiger partial charge in [0.15, 0.2) is 0 Å². The van der Waals surface area contributed by atoms with Gasteiger partial charge >= 0.3 is 0 Å². The van der Waals surface area contributed by atoms with E-state index in [0.29, 0.717) is 0 Å². The zero-order valence-electron chi connectivity index (χ0n) is 6.80. The fourth-order valence-electron chi connectivity index (χ4n) is 0.685. The normalized spacial score (nSPS) is 10.8. The number of hydrogen-bond acceptors (Lipinski definition) is 3. The van der Waals surface area contributed by atoms with E-state index in [0.717, 1.165) is 12.2 Å². The van der Waals surface area contributed by atoms with Crippen LogP contribution in [0.15, 0.2) is 18.5 Å². The number of hydrogen-bond donors (Lipinski definition) is 1. The molecule has 1 aromatic rings. The molecule has 12 heavy (non-hydrogen) atoms. The van der Waals surface area contributed by atoms with Crippen LogP contribution >= 0.6 is 24.8 Å². The average Bonchev–Trinajstić information content (AvgIpc) is 2.05. The average molecular weight is 210 g/mol. The number of nitrogens with two attached hydrogens (primary N) is 1. The van der Waals surface area contributed by atoms with E-state index in [9.17, 15) is 0 Å². The Labute approximate surface area is 84.6 Å². The zero-order valence-corrected chi connectivity index (χ0v) is 8.44. The topological polar surface area (TPSA) is 51.8 Å². The first-order chi connectivity index (χ1) is 4.84. The van der Waals surface area contributed by atoms with Gasteiger partial charge in [0.2, 0.25) is 0 Å². The molecule has 0 saturated heterocycles. The van der Waals surface area contributed by atoms with Crippen LogP contribution in [0.5, 0.6) is 0 Å². The van der Waals surface area contributed by atoms with E-state index >= 15 is 0 Å². The summed E-state index contributed by atoms with van der Waals surface area (Å²) >= 11 is 0. The SMILES string of the molecule is CCC(N)c1ncccn1.Cl.Cl. The van der Waals surface area contributed by atoms with Gasteiger partial charge < -0.3 is 5.73 Å². The molecular formula is C7H13Cl2N3. The van der Waals surface area contributed by atoms with E-state index in [2.05, 4.69) is 9.97 Å². The lowest BCUT2D eigenvalue weighted by Crippen LogP contribution is -2.11. The molecule has 1 atom stereocenters. The minimum absolute atomic E-state index is 0. The molecular weight excluding hydrogens is 197 g/mol. The largest absolute Gasteiger partial charge is 0.321 e. The highest BCUT2D eigenvalue weighted by Crippen LogP contribution is 2.04. The molecule has 70 valence electrons. The van der Waals surface area contributed by atoms with Gasteiger partial charge in [0.05, 0.1) is 6.04 Å². The first-order valence-corrected chi connectivity index (χ1v) is 3.37. The molecule has 2 N–H and O–H groups in total. The maximum Gasteiger partial charge on any atom is 0.144 e. The Balaban J connectivity index is 0. The van der Waals surface area contributed by atoms with Gasteiger partial charge in [0.1, 0.15) is 5.82 Å². The second kappa shape index (κ2) is 7.28. The van der Waals surface area contributed by atoms with Crippen LogP contribution in [0.3, 0.4) is 0 Å². The predicted molar refractivity (Wildman–Crippen MR) is 53.7 cm³/mol. The molecule has 1 heterocycles. The molecule has 0 radical (unpaired) electrons. The highest BCUT2D eigenvalue weighted by molar-refractivity contribution is 5.85. The lowest BCUT2D eigenvalue weighted by atomic mass is 10.2. The van der Waals surface area contributed by atoms with Crippen molar-refractivity contribution in [2.75, 3.05) is 0 Å². The van der Waals surface area contributed by atoms with Crippen LogP contribution in [0.4, 0.5) is 0 Å². The van der Waals surface area contributed by atoms with Crippen molar-refractivity contribution in [2.24, 2.45) is 5.73 Å². The monoisotopic (exact) mass is 209 g/mol. The highest BCUT2D eigenvalue weighted by atomic mass is 35.5. The van der Waals surface area contributed by atoms with Gasteiger partial charge in [0, 0.05) is 12.4 Å². The molecule has 0 bridgehead atoms. The van der Waals surface area contributed by atoms with Crippen LogP contribution in [-0.4, -0.2) is 9.97 Å². The maximum atomic E-state index is 5.67. The van der Waals surface area contributed by atoms with Gasteiger partial charge in [-0.05, 0) is 12.5 Å². The number of halogens is 2. The van der Waals surface area contributed by atoms with E-state index in [-0.39, 0.29) is 30.9 Å². The molecule has 0 fully saturated rings. The molecule has 1 unspecified atom stereocenters. The molecule has 0 aliphatic rings. The molecule has 0 aliphatic heterocycles. The minimum atomic E-state index is -0.0128. The summed E-state index contributed by atoms with van der Waals surface area (Å²) in [5, 5.41) is 0. The summed E-state index contributed by atoms with van der Waals surface area (Å²) < 4.78 is 0. The van der Waals surface area contributed by atoms with Crippen molar-refractivity contribution in [1.29, 1.82) is 0 Å². The van der Waals surface area contributed by atoms with Gasteiger partial charge in [-0.1, -0.05) is 6.92 Å². The minimum Gasteiger partial charge on any atom is -0.321 e. The first kappa shape index (κ1) is 14.2. The Morgan fingerprint density at radius 3 is 2.25 bits per heavy atom. The van der Waals surface area contributed by atoms with Crippen molar-refractivity contribution < 1.29 is 0 Å². The van der Waals surface area contributed by atoms with E-state index in [1.54, 1.807) is 18.5 Å². The van der Waals surface area contributed by atoms with Crippen molar-refractivity contribution in [3.05, 3.63) is 24.3 Å². The second-order valence-corrected chi connectivity index (χ2v) is 2.12. The Hall–Kier alpha value is -0.380. The summed E-state index contributed by atoms with van der Waals surface area (Å²) in [7, 11) is 0. The molecule has 3 nitrogen and oxygen atoms in total. The van der Waals surface area contributed by atoms with E-state index in [1.807, 2.05) is 6.92 Å². The maximum absolute atomic E-state index is 5.67. The van der Waals surface area contributed by atoms with Crippen molar-refractivity contribution >= 4 is 24.8 Å². The van der Waals surface area contributed by atoms with Crippen LogP contribution in [0, 0.1) is 0 Å². The van der Waals surface area contributed by atoms with Crippen molar-refractivity contribution in [1.82, 2.24) is 9.97 Å². The molecule has 0 aromatic carbocycles. The molecule has 5 heteroatoms. The van der Waals surface area contributed by atoms with Crippen LogP contribution in [0.2, 0.25) is 0 Å². The van der Waals surface area contributed by atoms with Gasteiger partial charge in [0.25, 0.3) is 0 Å². The van der Waals surface area contributed by atoms with Gasteiger partial charge in [-0.15, -0.1) is 24.8 Å². The zero-order chi connectivity index (χ0) is 7.40. The smallest absolute Gasteiger partial charge is 0.144 e. The summed E-state index contributed by atoms with van der Waals surface area (Å²) in [4.78, 5) is 8.03. The molecule has 0 amide bonds. The third-order valence-corrected chi connectivity index (χ3v) is 1.36. The third kappa shape index (κ3) is 3.85. The summed E-state index contributed by atoms with van der Waals surface area (Å²) in [6.07, 6.45) is 4.29. The summed E-state index contributed by atoms with van der Waals surface area (Å²) in [5.74, 6) is 0.727. The second-order valence-electron chi connectivity index (χ2n) is 2.12. The Bertz CT molecular complexity index is 193. The van der Waals surface area contributed by atoms with Crippen LogP contribution in [0.1, 0.15) is 25.2 Å². The fourth-order valence-corrected chi connectivity index (χ4v) is 0.685. The Kier molecular flexibility index (Phi) is 8.59. The van der Waals surface area contributed by atoms with E-state index in [4.69, 9.17) is 5.73 Å². The van der Waals surface area contributed by atoms with Crippen LogP contribution in [-0.2, 0) is 0 Å². The lowest BCUT2D eigenvalue weighted by molar-refractivity contribution is 0.648. The van der Waals surface area contributed by atoms with E-state index in [1.165, 1.54) is 0 Å². The molecule has 0 spiro atoms. The van der Waals surface area contributed by atoms with Gasteiger partial charge in [-0.3, -0.25) is 0 Å². The highest BCUT2D eigenvalue weighted by Gasteiger charge is 2.02. The van der Waals surface area contributed by atoms with E-state index < -0.39 is 0 Å². The predicted octanol–water partition coefficient (Wildman–Crippen LogP) is 1.73. The van der Waals surface area contributed by atoms with Crippen molar-refractivity contribution in [3.8, 4) is 0 Å². The lowest BCUT2D eigenvalue weighted by Gasteiger charge is -2.04. The Morgan fingerprint density at radius 2 is 1.83 bits per heavy atom. The van der Waals surface area contributed by atoms with Gasteiger partial charge in [-0.25, -0.2) is 9.97 Å². The summed E-state index contributed by atoms with van der Waals surface area (Å²) in [6, 6.07) is 1.77. The quantitative estimate of drug-likeness (QED) is 0.808. The number of rotatable bonds is 2. The fraction of sp³-hybridized carbons (Fsp3) is 0.429. The number of aromatic nitrogens is 2. The standard InChI is InChI=1S/C7H11N3.2ClH/c1-2-6(8)7-9-4-3-5-10-7;;/h3-6H,2,8H2,1H3;2*1H. The number of nitrogens with zero attached hydrogens (tertiary/aromatic N) is 2. The molecule has 0 saturated carbocycles. The van der Waals surface area contributed by atoms with Crippen LogP contribution < -0.4 is 5.73 Å².